The maximum absolute atomic E-state index is 11.7. The molecule has 1 aliphatic carbocycles. The molecule has 1 aliphatic heterocycles. The van der Waals surface area contributed by atoms with Crippen molar-refractivity contribution in [3.8, 4) is 11.1 Å². The third-order valence-corrected chi connectivity index (χ3v) is 4.92. The molecule has 0 saturated carbocycles. The van der Waals surface area contributed by atoms with Crippen LogP contribution in [0.4, 0.5) is 0 Å². The fourth-order valence-corrected chi connectivity index (χ4v) is 3.87. The van der Waals surface area contributed by atoms with Crippen LogP contribution in [0.5, 0.6) is 0 Å². The lowest BCUT2D eigenvalue weighted by Crippen LogP contribution is -2.17. The minimum absolute atomic E-state index is 0.103. The Kier molecular flexibility index (Phi) is 2.94. The fraction of sp³-hybridized carbons (Fsp3) is 0.0588. The van der Waals surface area contributed by atoms with E-state index in [1.165, 1.54) is 34.0 Å². The summed E-state index contributed by atoms with van der Waals surface area (Å²) in [6.07, 6.45) is 2.86. The first-order valence-corrected chi connectivity index (χ1v) is 7.89. The van der Waals surface area contributed by atoms with Gasteiger partial charge in [0.2, 0.25) is 0 Å². The Morgan fingerprint density at radius 2 is 1.90 bits per heavy atom. The molecule has 1 fully saturated rings. The van der Waals surface area contributed by atoms with E-state index < -0.39 is 0 Å². The van der Waals surface area contributed by atoms with Gasteiger partial charge in [-0.1, -0.05) is 66.4 Å². The fourth-order valence-electron chi connectivity index (χ4n) is 2.83. The van der Waals surface area contributed by atoms with Crippen molar-refractivity contribution in [3.63, 3.8) is 0 Å². The van der Waals surface area contributed by atoms with E-state index in [1.54, 1.807) is 0 Å². The van der Waals surface area contributed by atoms with Gasteiger partial charge in [-0.2, -0.15) is 0 Å². The number of fused-ring (bicyclic) bond motifs is 3. The van der Waals surface area contributed by atoms with E-state index >= 15 is 0 Å². The van der Waals surface area contributed by atoms with Crippen LogP contribution in [0.15, 0.2) is 47.4 Å². The lowest BCUT2D eigenvalue weighted by Gasteiger charge is -2.02. The molecular weight excluding hydrogens is 298 g/mol. The summed E-state index contributed by atoms with van der Waals surface area (Å²) in [7, 11) is 0. The van der Waals surface area contributed by atoms with Gasteiger partial charge in [-0.15, -0.1) is 0 Å². The largest absolute Gasteiger partial charge is 0.307 e. The first kappa shape index (κ1) is 12.8. The first-order chi connectivity index (χ1) is 10.2. The zero-order chi connectivity index (χ0) is 14.4. The summed E-state index contributed by atoms with van der Waals surface area (Å²) in [6, 6.07) is 14.9. The number of benzene rings is 2. The summed E-state index contributed by atoms with van der Waals surface area (Å²) in [6.45, 7) is 0. The molecule has 0 radical (unpaired) electrons. The van der Waals surface area contributed by atoms with E-state index in [-0.39, 0.29) is 5.91 Å². The van der Waals surface area contributed by atoms with Gasteiger partial charge in [0.1, 0.15) is 4.32 Å². The van der Waals surface area contributed by atoms with Crippen molar-refractivity contribution in [2.24, 2.45) is 0 Å². The van der Waals surface area contributed by atoms with E-state index in [0.717, 1.165) is 12.0 Å². The van der Waals surface area contributed by atoms with Crippen LogP contribution in [0.25, 0.3) is 17.2 Å². The van der Waals surface area contributed by atoms with Gasteiger partial charge in [-0.05, 0) is 40.3 Å². The second-order valence-corrected chi connectivity index (χ2v) is 6.82. The molecule has 1 heterocycles. The number of thioether (sulfide) groups is 1. The van der Waals surface area contributed by atoms with Crippen LogP contribution in [-0.2, 0) is 11.2 Å². The maximum atomic E-state index is 11.7. The van der Waals surface area contributed by atoms with Crippen molar-refractivity contribution in [2.75, 3.05) is 0 Å². The molecule has 4 rings (SSSR count). The zero-order valence-corrected chi connectivity index (χ0v) is 12.7. The molecule has 2 aliphatic rings. The molecule has 2 aromatic rings. The number of rotatable bonds is 1. The highest BCUT2D eigenvalue weighted by atomic mass is 32.2. The Morgan fingerprint density at radius 1 is 1.10 bits per heavy atom. The monoisotopic (exact) mass is 309 g/mol. The molecule has 0 spiro atoms. The number of carbonyl (C=O) groups excluding carboxylic acids is 1. The third-order valence-electron chi connectivity index (χ3n) is 3.76. The third kappa shape index (κ3) is 2.20. The number of amides is 1. The molecule has 0 bridgehead atoms. The molecule has 21 heavy (non-hydrogen) atoms. The summed E-state index contributed by atoms with van der Waals surface area (Å²) in [5, 5.41) is 2.64. The second-order valence-electron chi connectivity index (χ2n) is 5.10. The summed E-state index contributed by atoms with van der Waals surface area (Å²) in [5.41, 5.74) is 6.35. The van der Waals surface area contributed by atoms with Crippen LogP contribution >= 0.6 is 24.0 Å². The molecule has 102 valence electrons. The van der Waals surface area contributed by atoms with Crippen molar-refractivity contribution in [3.05, 3.63) is 64.1 Å². The molecule has 2 nitrogen and oxygen atoms in total. The Labute approximate surface area is 132 Å². The minimum Gasteiger partial charge on any atom is -0.307 e. The quantitative estimate of drug-likeness (QED) is 0.548. The molecule has 0 aromatic heterocycles. The lowest BCUT2D eigenvalue weighted by atomic mass is 10.0. The summed E-state index contributed by atoms with van der Waals surface area (Å²) >= 11 is 6.33. The van der Waals surface area contributed by atoms with Crippen LogP contribution in [0.1, 0.15) is 16.7 Å². The number of nitrogens with one attached hydrogen (secondary N) is 1. The molecule has 0 atom stereocenters. The van der Waals surface area contributed by atoms with Gasteiger partial charge < -0.3 is 5.32 Å². The minimum atomic E-state index is -0.103. The second kappa shape index (κ2) is 4.83. The van der Waals surface area contributed by atoms with Gasteiger partial charge in [0.15, 0.2) is 0 Å². The van der Waals surface area contributed by atoms with E-state index in [9.17, 15) is 4.79 Å². The van der Waals surface area contributed by atoms with Crippen LogP contribution in [0, 0.1) is 0 Å². The van der Waals surface area contributed by atoms with Crippen molar-refractivity contribution in [1.82, 2.24) is 5.32 Å². The SMILES string of the molecule is O=C1NC(=S)SC1=Cc1ccc2c(c1)Cc1ccccc1-2. The van der Waals surface area contributed by atoms with Crippen molar-refractivity contribution in [2.45, 2.75) is 6.42 Å². The van der Waals surface area contributed by atoms with E-state index in [0.29, 0.717) is 9.23 Å². The van der Waals surface area contributed by atoms with Gasteiger partial charge in [0.05, 0.1) is 4.91 Å². The van der Waals surface area contributed by atoms with Crippen molar-refractivity contribution < 1.29 is 4.79 Å². The highest BCUT2D eigenvalue weighted by Gasteiger charge is 2.22. The van der Waals surface area contributed by atoms with E-state index in [1.807, 2.05) is 6.08 Å². The summed E-state index contributed by atoms with van der Waals surface area (Å²) in [5.74, 6) is -0.103. The molecule has 2 aromatic carbocycles. The lowest BCUT2D eigenvalue weighted by molar-refractivity contribution is -0.115. The molecule has 0 unspecified atom stereocenters. The predicted molar refractivity (Wildman–Crippen MR) is 91.0 cm³/mol. The van der Waals surface area contributed by atoms with E-state index in [2.05, 4.69) is 47.8 Å². The normalized spacial score (nSPS) is 17.8. The van der Waals surface area contributed by atoms with E-state index in [4.69, 9.17) is 12.2 Å². The van der Waals surface area contributed by atoms with Crippen molar-refractivity contribution in [1.29, 1.82) is 0 Å². The first-order valence-electron chi connectivity index (χ1n) is 6.67. The highest BCUT2D eigenvalue weighted by Crippen LogP contribution is 2.37. The number of thiocarbonyl (C=S) groups is 1. The Morgan fingerprint density at radius 3 is 2.71 bits per heavy atom. The standard InChI is InChI=1S/C17H11NOS2/c19-16-15(21-17(20)18-16)8-10-5-6-14-12(7-10)9-11-3-1-2-4-13(11)14/h1-8H,9H2,(H,18,19,20). The summed E-state index contributed by atoms with van der Waals surface area (Å²) in [4.78, 5) is 12.4. The number of hydrogen-bond donors (Lipinski definition) is 1. The van der Waals surface area contributed by atoms with Crippen molar-refractivity contribution >= 4 is 40.3 Å². The van der Waals surface area contributed by atoms with Crippen LogP contribution in [-0.4, -0.2) is 10.2 Å². The Bertz CT molecular complexity index is 823. The highest BCUT2D eigenvalue weighted by molar-refractivity contribution is 8.26. The average molecular weight is 309 g/mol. The van der Waals surface area contributed by atoms with Crippen LogP contribution in [0.3, 0.4) is 0 Å². The van der Waals surface area contributed by atoms with Crippen LogP contribution in [0.2, 0.25) is 0 Å². The molecule has 1 N–H and O–H groups in total. The predicted octanol–water partition coefficient (Wildman–Crippen LogP) is 3.75. The Hall–Kier alpha value is -1.91. The molecular formula is C17H11NOS2. The smallest absolute Gasteiger partial charge is 0.263 e. The van der Waals surface area contributed by atoms with Gasteiger partial charge in [-0.25, -0.2) is 0 Å². The maximum Gasteiger partial charge on any atom is 0.263 e. The molecule has 1 saturated heterocycles. The van der Waals surface area contributed by atoms with Gasteiger partial charge in [0.25, 0.3) is 5.91 Å². The van der Waals surface area contributed by atoms with Gasteiger partial charge in [0, 0.05) is 0 Å². The zero-order valence-electron chi connectivity index (χ0n) is 11.1. The topological polar surface area (TPSA) is 29.1 Å². The summed E-state index contributed by atoms with van der Waals surface area (Å²) < 4.78 is 0.528. The number of hydrogen-bond acceptors (Lipinski definition) is 3. The number of carbonyl (C=O) groups is 1. The Balaban J connectivity index is 1.72. The van der Waals surface area contributed by atoms with Gasteiger partial charge >= 0.3 is 0 Å². The molecule has 4 heteroatoms. The van der Waals surface area contributed by atoms with Gasteiger partial charge in [-0.3, -0.25) is 4.79 Å². The average Bonchev–Trinajstić information content (AvgIpc) is 2.98. The van der Waals surface area contributed by atoms with Crippen LogP contribution < -0.4 is 5.32 Å². The molecule has 1 amide bonds.